The standard InChI is InChI=1S/C50H33NO/c1-2-12-37(13-3-1)45-29-25-40(44-19-10-16-36-14-6-7-17-43(36)44)32-48(45)51(42-28-30-47-46-18-8-9-20-49(46)52-50(47)33-42)41-26-23-35(24-27-41)39-22-21-34-11-4-5-15-38(34)31-39/h1-33H. The van der Waals surface area contributed by atoms with Gasteiger partial charge in [-0.2, -0.15) is 0 Å². The maximum atomic E-state index is 6.46. The molecular weight excluding hydrogens is 631 g/mol. The second-order valence-corrected chi connectivity index (χ2v) is 13.3. The Morgan fingerprint density at radius 2 is 0.962 bits per heavy atom. The van der Waals surface area contributed by atoms with Crippen LogP contribution in [0.5, 0.6) is 0 Å². The fourth-order valence-electron chi connectivity index (χ4n) is 7.68. The number of hydrogen-bond acceptors (Lipinski definition) is 2. The van der Waals surface area contributed by atoms with E-state index in [9.17, 15) is 0 Å². The lowest BCUT2D eigenvalue weighted by Crippen LogP contribution is -2.11. The van der Waals surface area contributed by atoms with Gasteiger partial charge in [0.1, 0.15) is 11.2 Å². The second kappa shape index (κ2) is 12.5. The molecule has 244 valence electrons. The number of nitrogens with zero attached hydrogens (tertiary/aromatic N) is 1. The first-order chi connectivity index (χ1) is 25.8. The highest BCUT2D eigenvalue weighted by atomic mass is 16.3. The van der Waals surface area contributed by atoms with Gasteiger partial charge >= 0.3 is 0 Å². The van der Waals surface area contributed by atoms with Crippen molar-refractivity contribution in [3.8, 4) is 33.4 Å². The average Bonchev–Trinajstić information content (AvgIpc) is 3.59. The molecule has 2 heteroatoms. The second-order valence-electron chi connectivity index (χ2n) is 13.3. The number of furan rings is 1. The van der Waals surface area contributed by atoms with E-state index in [1.807, 2.05) is 12.1 Å². The topological polar surface area (TPSA) is 16.4 Å². The summed E-state index contributed by atoms with van der Waals surface area (Å²) in [6.07, 6.45) is 0. The summed E-state index contributed by atoms with van der Waals surface area (Å²) in [6.45, 7) is 0. The summed E-state index contributed by atoms with van der Waals surface area (Å²) in [6, 6.07) is 71.8. The minimum atomic E-state index is 0.864. The van der Waals surface area contributed by atoms with Crippen LogP contribution in [0.25, 0.3) is 76.9 Å². The molecule has 0 radical (unpaired) electrons. The summed E-state index contributed by atoms with van der Waals surface area (Å²) in [7, 11) is 0. The van der Waals surface area contributed by atoms with Crippen LogP contribution in [-0.2, 0) is 0 Å². The molecule has 0 aliphatic carbocycles. The smallest absolute Gasteiger partial charge is 0.137 e. The predicted octanol–water partition coefficient (Wildman–Crippen LogP) is 14.4. The summed E-state index contributed by atoms with van der Waals surface area (Å²) in [5, 5.41) is 7.18. The van der Waals surface area contributed by atoms with E-state index < -0.39 is 0 Å². The third-order valence-corrected chi connectivity index (χ3v) is 10.3. The zero-order valence-electron chi connectivity index (χ0n) is 28.4. The van der Waals surface area contributed by atoms with Crippen LogP contribution in [-0.4, -0.2) is 0 Å². The van der Waals surface area contributed by atoms with E-state index in [0.29, 0.717) is 0 Å². The lowest BCUT2D eigenvalue weighted by molar-refractivity contribution is 0.669. The first kappa shape index (κ1) is 30.0. The molecule has 1 aromatic heterocycles. The summed E-state index contributed by atoms with van der Waals surface area (Å²) in [4.78, 5) is 2.38. The zero-order chi connectivity index (χ0) is 34.4. The molecule has 52 heavy (non-hydrogen) atoms. The van der Waals surface area contributed by atoms with Crippen LogP contribution >= 0.6 is 0 Å². The molecule has 10 aromatic rings. The Kier molecular flexibility index (Phi) is 7.18. The van der Waals surface area contributed by atoms with Crippen molar-refractivity contribution in [1.82, 2.24) is 0 Å². The van der Waals surface area contributed by atoms with Gasteiger partial charge in [-0.05, 0) is 91.8 Å². The van der Waals surface area contributed by atoms with Crippen LogP contribution < -0.4 is 4.90 Å². The van der Waals surface area contributed by atoms with Crippen molar-refractivity contribution in [2.24, 2.45) is 0 Å². The molecule has 2 nitrogen and oxygen atoms in total. The molecule has 9 aromatic carbocycles. The van der Waals surface area contributed by atoms with Crippen molar-refractivity contribution in [3.63, 3.8) is 0 Å². The van der Waals surface area contributed by atoms with Crippen molar-refractivity contribution in [1.29, 1.82) is 0 Å². The molecule has 1 heterocycles. The molecule has 0 atom stereocenters. The Labute approximate surface area is 302 Å². The number of hydrogen-bond donors (Lipinski definition) is 0. The lowest BCUT2D eigenvalue weighted by atomic mass is 9.94. The molecule has 0 amide bonds. The Bertz CT molecular complexity index is 2900. The highest BCUT2D eigenvalue weighted by molar-refractivity contribution is 6.06. The third kappa shape index (κ3) is 5.21. The third-order valence-electron chi connectivity index (χ3n) is 10.3. The highest BCUT2D eigenvalue weighted by Crippen LogP contribution is 2.45. The van der Waals surface area contributed by atoms with Crippen LogP contribution in [0.2, 0.25) is 0 Å². The van der Waals surface area contributed by atoms with Crippen molar-refractivity contribution in [2.45, 2.75) is 0 Å². The number of fused-ring (bicyclic) bond motifs is 5. The van der Waals surface area contributed by atoms with Gasteiger partial charge in [-0.1, -0.05) is 152 Å². The molecule has 0 bridgehead atoms. The minimum absolute atomic E-state index is 0.864. The van der Waals surface area contributed by atoms with Crippen molar-refractivity contribution in [2.75, 3.05) is 4.90 Å². The van der Waals surface area contributed by atoms with Gasteiger partial charge in [-0.15, -0.1) is 0 Å². The van der Waals surface area contributed by atoms with E-state index in [-0.39, 0.29) is 0 Å². The average molecular weight is 664 g/mol. The van der Waals surface area contributed by atoms with Crippen molar-refractivity contribution >= 4 is 60.5 Å². The van der Waals surface area contributed by atoms with E-state index in [4.69, 9.17) is 4.42 Å². The number of para-hydroxylation sites is 1. The van der Waals surface area contributed by atoms with Gasteiger partial charge in [0.05, 0.1) is 5.69 Å². The molecule has 0 saturated carbocycles. The Morgan fingerprint density at radius 1 is 0.308 bits per heavy atom. The fraction of sp³-hybridized carbons (Fsp3) is 0. The van der Waals surface area contributed by atoms with Gasteiger partial charge in [0, 0.05) is 33.8 Å². The van der Waals surface area contributed by atoms with E-state index in [1.54, 1.807) is 0 Å². The highest BCUT2D eigenvalue weighted by Gasteiger charge is 2.21. The Balaban J connectivity index is 1.20. The van der Waals surface area contributed by atoms with Crippen molar-refractivity contribution in [3.05, 3.63) is 200 Å². The number of benzene rings is 9. The van der Waals surface area contributed by atoms with Crippen LogP contribution in [0.3, 0.4) is 0 Å². The van der Waals surface area contributed by atoms with Gasteiger partial charge in [-0.3, -0.25) is 0 Å². The lowest BCUT2D eigenvalue weighted by Gasteiger charge is -2.29. The van der Waals surface area contributed by atoms with Crippen molar-refractivity contribution < 1.29 is 4.42 Å². The van der Waals surface area contributed by atoms with Crippen LogP contribution in [0.4, 0.5) is 17.1 Å². The van der Waals surface area contributed by atoms with E-state index in [0.717, 1.165) is 55.7 Å². The van der Waals surface area contributed by atoms with E-state index in [2.05, 4.69) is 193 Å². The predicted molar refractivity (Wildman–Crippen MR) is 220 cm³/mol. The quantitative estimate of drug-likeness (QED) is 0.176. The van der Waals surface area contributed by atoms with Gasteiger partial charge in [0.15, 0.2) is 0 Å². The normalized spacial score (nSPS) is 11.5. The molecule has 0 N–H and O–H groups in total. The van der Waals surface area contributed by atoms with Gasteiger partial charge in [-0.25, -0.2) is 0 Å². The molecule has 10 rings (SSSR count). The SMILES string of the molecule is c1ccc(-c2ccc(-c3cccc4ccccc34)cc2N(c2ccc(-c3ccc4ccccc4c3)cc2)c2ccc3c(c2)oc2ccccc23)cc1. The van der Waals surface area contributed by atoms with Crippen LogP contribution in [0, 0.1) is 0 Å². The summed E-state index contributed by atoms with van der Waals surface area (Å²) < 4.78 is 6.46. The van der Waals surface area contributed by atoms with Gasteiger partial charge in [0.2, 0.25) is 0 Å². The zero-order valence-corrected chi connectivity index (χ0v) is 28.4. The Hall–Kier alpha value is -6.90. The molecule has 0 unspecified atom stereocenters. The Morgan fingerprint density at radius 3 is 1.83 bits per heavy atom. The molecule has 0 aliphatic heterocycles. The van der Waals surface area contributed by atoms with E-state index in [1.165, 1.54) is 38.2 Å². The molecule has 0 spiro atoms. The monoisotopic (exact) mass is 663 g/mol. The molecule has 0 fully saturated rings. The maximum absolute atomic E-state index is 6.46. The largest absolute Gasteiger partial charge is 0.456 e. The maximum Gasteiger partial charge on any atom is 0.137 e. The molecule has 0 aliphatic rings. The van der Waals surface area contributed by atoms with Gasteiger partial charge < -0.3 is 9.32 Å². The molecule has 0 saturated heterocycles. The summed E-state index contributed by atoms with van der Waals surface area (Å²) in [5.41, 5.74) is 12.0. The van der Waals surface area contributed by atoms with Crippen LogP contribution in [0.1, 0.15) is 0 Å². The van der Waals surface area contributed by atoms with Gasteiger partial charge in [0.25, 0.3) is 0 Å². The molecular formula is C50H33NO. The van der Waals surface area contributed by atoms with E-state index >= 15 is 0 Å². The number of anilines is 3. The van der Waals surface area contributed by atoms with Crippen LogP contribution in [0.15, 0.2) is 205 Å². The first-order valence-electron chi connectivity index (χ1n) is 17.8. The number of rotatable bonds is 6. The summed E-state index contributed by atoms with van der Waals surface area (Å²) >= 11 is 0. The summed E-state index contributed by atoms with van der Waals surface area (Å²) in [5.74, 6) is 0. The fourth-order valence-corrected chi connectivity index (χ4v) is 7.68. The first-order valence-corrected chi connectivity index (χ1v) is 17.8. The minimum Gasteiger partial charge on any atom is -0.456 e.